The van der Waals surface area contributed by atoms with E-state index >= 15 is 0 Å². The highest BCUT2D eigenvalue weighted by Crippen LogP contribution is 2.35. The van der Waals surface area contributed by atoms with Crippen LogP contribution in [0.2, 0.25) is 0 Å². The summed E-state index contributed by atoms with van der Waals surface area (Å²) >= 11 is 0. The molecule has 1 aromatic carbocycles. The van der Waals surface area contributed by atoms with Crippen LogP contribution in [0, 0.1) is 13.8 Å². The molecule has 3 aliphatic rings. The highest BCUT2D eigenvalue weighted by Gasteiger charge is 2.36. The summed E-state index contributed by atoms with van der Waals surface area (Å²) in [5.74, 6) is 0.822. The zero-order chi connectivity index (χ0) is 24.6. The number of aromatic nitrogens is 5. The third kappa shape index (κ3) is 4.39. The first-order valence-corrected chi connectivity index (χ1v) is 14.0. The number of piperazine rings is 1. The van der Waals surface area contributed by atoms with Crippen molar-refractivity contribution in [1.29, 1.82) is 0 Å². The Morgan fingerprint density at radius 3 is 2.31 bits per heavy atom. The summed E-state index contributed by atoms with van der Waals surface area (Å²) in [6.45, 7) is 8.09. The molecule has 0 radical (unpaired) electrons. The Labute approximate surface area is 213 Å². The highest BCUT2D eigenvalue weighted by molar-refractivity contribution is 5.85. The maximum absolute atomic E-state index is 13.6. The number of rotatable bonds is 5. The molecule has 3 heterocycles. The third-order valence-electron chi connectivity index (χ3n) is 9.01. The Morgan fingerprint density at radius 1 is 0.889 bits per heavy atom. The van der Waals surface area contributed by atoms with E-state index in [0.717, 1.165) is 72.9 Å². The molecule has 0 bridgehead atoms. The smallest absolute Gasteiger partial charge is 0.253 e. The van der Waals surface area contributed by atoms with Crippen molar-refractivity contribution in [3.63, 3.8) is 0 Å². The molecule has 3 aromatic rings. The minimum Gasteiger partial charge on any atom is -0.321 e. The Bertz CT molecular complexity index is 1260. The second-order valence-corrected chi connectivity index (χ2v) is 11.2. The van der Waals surface area contributed by atoms with Crippen molar-refractivity contribution < 1.29 is 0 Å². The van der Waals surface area contributed by atoms with Gasteiger partial charge in [-0.1, -0.05) is 44.2 Å². The van der Waals surface area contributed by atoms with Crippen LogP contribution in [-0.4, -0.2) is 67.2 Å². The van der Waals surface area contributed by atoms with E-state index in [-0.39, 0.29) is 11.6 Å². The standard InChI is InChI=1S/C28H39N7O/c1-19-12-13-20(2)25-23(19)18-24(28(36)29-25)26(27-30-31-32-35(27)22-10-6-7-11-22)34-16-14-33(15-17-34)21-8-4-3-5-9-21/h12-13,18,21-22,26H,3-11,14-17H2,1-2H3,(H,29,36)/t26-/m1/s1. The van der Waals surface area contributed by atoms with Crippen LogP contribution in [-0.2, 0) is 0 Å². The van der Waals surface area contributed by atoms with Gasteiger partial charge in [0.05, 0.1) is 11.6 Å². The zero-order valence-corrected chi connectivity index (χ0v) is 21.7. The molecule has 1 aliphatic heterocycles. The largest absolute Gasteiger partial charge is 0.321 e. The van der Waals surface area contributed by atoms with Crippen LogP contribution in [0.4, 0.5) is 0 Å². The predicted molar refractivity (Wildman–Crippen MR) is 141 cm³/mol. The molecular formula is C28H39N7O. The van der Waals surface area contributed by atoms with Crippen LogP contribution >= 0.6 is 0 Å². The number of pyridine rings is 1. The lowest BCUT2D eigenvalue weighted by atomic mass is 9.93. The van der Waals surface area contributed by atoms with E-state index in [2.05, 4.69) is 62.4 Å². The van der Waals surface area contributed by atoms with Gasteiger partial charge in [-0.2, -0.15) is 0 Å². The maximum Gasteiger partial charge on any atom is 0.253 e. The van der Waals surface area contributed by atoms with Gasteiger partial charge in [-0.05, 0) is 67.2 Å². The molecule has 2 aromatic heterocycles. The first-order chi connectivity index (χ1) is 17.6. The fourth-order valence-corrected chi connectivity index (χ4v) is 6.89. The van der Waals surface area contributed by atoms with Crippen molar-refractivity contribution in [3.8, 4) is 0 Å². The molecule has 0 unspecified atom stereocenters. The molecule has 192 valence electrons. The minimum atomic E-state index is -0.248. The first kappa shape index (κ1) is 23.8. The molecule has 36 heavy (non-hydrogen) atoms. The van der Waals surface area contributed by atoms with Gasteiger partial charge in [-0.15, -0.1) is 5.10 Å². The fraction of sp³-hybridized carbons (Fsp3) is 0.643. The summed E-state index contributed by atoms with van der Waals surface area (Å²) in [4.78, 5) is 22.0. The number of aryl methyl sites for hydroxylation is 2. The second kappa shape index (κ2) is 10.1. The fourth-order valence-electron chi connectivity index (χ4n) is 6.89. The molecule has 2 saturated carbocycles. The molecule has 3 fully saturated rings. The van der Waals surface area contributed by atoms with Gasteiger partial charge >= 0.3 is 0 Å². The van der Waals surface area contributed by atoms with Gasteiger partial charge in [-0.3, -0.25) is 14.6 Å². The molecular weight excluding hydrogens is 450 g/mol. The van der Waals surface area contributed by atoms with Gasteiger partial charge < -0.3 is 4.98 Å². The number of nitrogens with one attached hydrogen (secondary N) is 1. The van der Waals surface area contributed by atoms with Crippen molar-refractivity contribution >= 4 is 10.9 Å². The minimum absolute atomic E-state index is 0.0307. The Kier molecular flexibility index (Phi) is 6.65. The Balaban J connectivity index is 1.39. The van der Waals surface area contributed by atoms with E-state index in [1.165, 1.54) is 50.5 Å². The number of hydrogen-bond acceptors (Lipinski definition) is 6. The average molecular weight is 490 g/mol. The van der Waals surface area contributed by atoms with Crippen molar-refractivity contribution in [1.82, 2.24) is 35.0 Å². The Hall–Kier alpha value is -2.58. The van der Waals surface area contributed by atoms with Crippen LogP contribution in [0.25, 0.3) is 10.9 Å². The van der Waals surface area contributed by atoms with Gasteiger partial charge in [0, 0.05) is 43.2 Å². The highest BCUT2D eigenvalue weighted by atomic mass is 16.1. The maximum atomic E-state index is 13.6. The number of benzene rings is 1. The summed E-state index contributed by atoms with van der Waals surface area (Å²) in [6, 6.07) is 7.13. The summed E-state index contributed by atoms with van der Waals surface area (Å²) in [5, 5.41) is 14.3. The van der Waals surface area contributed by atoms with Crippen molar-refractivity contribution in [3.05, 3.63) is 51.1 Å². The van der Waals surface area contributed by atoms with Crippen molar-refractivity contribution in [2.24, 2.45) is 0 Å². The lowest BCUT2D eigenvalue weighted by molar-refractivity contribution is 0.0613. The van der Waals surface area contributed by atoms with Gasteiger partial charge in [0.25, 0.3) is 5.56 Å². The lowest BCUT2D eigenvalue weighted by Crippen LogP contribution is -2.52. The zero-order valence-electron chi connectivity index (χ0n) is 21.7. The van der Waals surface area contributed by atoms with Gasteiger partial charge in [-0.25, -0.2) is 4.68 Å². The SMILES string of the molecule is Cc1ccc(C)c2[nH]c(=O)c([C@H](c3nnnn3C3CCCC3)N3CCN(C4CCCCC4)CC3)cc12. The van der Waals surface area contributed by atoms with Gasteiger partial charge in [0.1, 0.15) is 6.04 Å². The van der Waals surface area contributed by atoms with Gasteiger partial charge in [0.15, 0.2) is 5.82 Å². The van der Waals surface area contributed by atoms with Crippen LogP contribution in [0.1, 0.15) is 92.4 Å². The van der Waals surface area contributed by atoms with Crippen LogP contribution in [0.3, 0.4) is 0 Å². The third-order valence-corrected chi connectivity index (χ3v) is 9.01. The van der Waals surface area contributed by atoms with E-state index < -0.39 is 0 Å². The van der Waals surface area contributed by atoms with Gasteiger partial charge in [0.2, 0.25) is 0 Å². The summed E-state index contributed by atoms with van der Waals surface area (Å²) in [5.41, 5.74) is 3.92. The number of tetrazole rings is 1. The Morgan fingerprint density at radius 2 is 1.56 bits per heavy atom. The molecule has 0 spiro atoms. The predicted octanol–water partition coefficient (Wildman–Crippen LogP) is 4.29. The summed E-state index contributed by atoms with van der Waals surface area (Å²) in [7, 11) is 0. The number of hydrogen-bond donors (Lipinski definition) is 1. The number of nitrogens with zero attached hydrogens (tertiary/aromatic N) is 6. The van der Waals surface area contributed by atoms with E-state index in [4.69, 9.17) is 0 Å². The first-order valence-electron chi connectivity index (χ1n) is 14.0. The van der Waals surface area contributed by atoms with Crippen LogP contribution in [0.5, 0.6) is 0 Å². The summed E-state index contributed by atoms with van der Waals surface area (Å²) in [6.07, 6.45) is 11.4. The van der Waals surface area contributed by atoms with E-state index in [1.807, 2.05) is 4.68 Å². The molecule has 8 heteroatoms. The quantitative estimate of drug-likeness (QED) is 0.576. The molecule has 1 saturated heterocycles. The van der Waals surface area contributed by atoms with Crippen LogP contribution < -0.4 is 5.56 Å². The van der Waals surface area contributed by atoms with E-state index in [9.17, 15) is 4.79 Å². The number of H-pyrrole nitrogens is 1. The molecule has 6 rings (SSSR count). The number of aromatic amines is 1. The normalized spacial score (nSPS) is 21.9. The molecule has 0 amide bonds. The van der Waals surface area contributed by atoms with Crippen molar-refractivity contribution in [2.75, 3.05) is 26.2 Å². The van der Waals surface area contributed by atoms with Crippen LogP contribution in [0.15, 0.2) is 23.0 Å². The molecule has 2 aliphatic carbocycles. The molecule has 8 nitrogen and oxygen atoms in total. The summed E-state index contributed by atoms with van der Waals surface area (Å²) < 4.78 is 2.04. The lowest BCUT2D eigenvalue weighted by Gasteiger charge is -2.43. The topological polar surface area (TPSA) is 82.9 Å². The average Bonchev–Trinajstić information content (AvgIpc) is 3.61. The monoisotopic (exact) mass is 489 g/mol. The second-order valence-electron chi connectivity index (χ2n) is 11.2. The molecule has 1 N–H and O–H groups in total. The van der Waals surface area contributed by atoms with Crippen molar-refractivity contribution in [2.45, 2.75) is 89.8 Å². The van der Waals surface area contributed by atoms with E-state index in [1.54, 1.807) is 0 Å². The molecule has 1 atom stereocenters. The number of fused-ring (bicyclic) bond motifs is 1. The van der Waals surface area contributed by atoms with E-state index in [0.29, 0.717) is 6.04 Å².